The van der Waals surface area contributed by atoms with Crippen LogP contribution in [0.25, 0.3) is 0 Å². The van der Waals surface area contributed by atoms with Crippen molar-refractivity contribution in [2.75, 3.05) is 6.61 Å². The van der Waals surface area contributed by atoms with Crippen LogP contribution in [-0.4, -0.2) is 50.2 Å². The fourth-order valence-electron chi connectivity index (χ4n) is 1.86. The van der Waals surface area contributed by atoms with Gasteiger partial charge in [0.15, 0.2) is 0 Å². The lowest BCUT2D eigenvalue weighted by atomic mass is 10.0. The molecule has 0 spiro atoms. The van der Waals surface area contributed by atoms with E-state index >= 15 is 0 Å². The van der Waals surface area contributed by atoms with Crippen LogP contribution in [0.2, 0.25) is 0 Å². The second kappa shape index (κ2) is 5.09. The molecule has 1 aromatic rings. The van der Waals surface area contributed by atoms with Crippen LogP contribution in [0.15, 0.2) is 9.59 Å². The largest absolute Gasteiger partial charge is 0.394 e. The lowest BCUT2D eigenvalue weighted by Gasteiger charge is -2.14. The zero-order chi connectivity index (χ0) is 13.4. The Morgan fingerprint density at radius 3 is 2.39 bits per heavy atom. The number of halogens is 1. The quantitative estimate of drug-likeness (QED) is 0.297. The van der Waals surface area contributed by atoms with Gasteiger partial charge in [-0.15, -0.1) is 0 Å². The van der Waals surface area contributed by atoms with E-state index < -0.39 is 42.3 Å². The highest BCUT2D eigenvalue weighted by Gasteiger charge is 2.44. The molecule has 2 heterocycles. The van der Waals surface area contributed by atoms with E-state index in [0.29, 0.717) is 0 Å². The monoisotopic (exact) mass is 370 g/mol. The number of hydrogen-bond acceptors (Lipinski definition) is 6. The first-order chi connectivity index (χ1) is 8.45. The van der Waals surface area contributed by atoms with Crippen molar-refractivity contribution in [1.29, 1.82) is 0 Å². The minimum atomic E-state index is -1.34. The van der Waals surface area contributed by atoms with E-state index in [1.165, 1.54) is 0 Å². The van der Waals surface area contributed by atoms with Crippen LogP contribution in [0.3, 0.4) is 0 Å². The third kappa shape index (κ3) is 2.23. The number of aromatic nitrogens is 2. The van der Waals surface area contributed by atoms with Crippen molar-refractivity contribution in [3.8, 4) is 0 Å². The first kappa shape index (κ1) is 13.7. The summed E-state index contributed by atoms with van der Waals surface area (Å²) in [7, 11) is 0. The van der Waals surface area contributed by atoms with Crippen LogP contribution in [0, 0.1) is 3.70 Å². The Kier molecular flexibility index (Phi) is 3.87. The molecule has 0 amide bonds. The maximum Gasteiger partial charge on any atom is 0.326 e. The van der Waals surface area contributed by atoms with Gasteiger partial charge < -0.3 is 25.0 Å². The summed E-state index contributed by atoms with van der Waals surface area (Å²) in [6.45, 7) is -0.480. The molecule has 100 valence electrons. The third-order valence-electron chi connectivity index (χ3n) is 2.76. The topological polar surface area (TPSA) is 136 Å². The van der Waals surface area contributed by atoms with Gasteiger partial charge in [0.2, 0.25) is 0 Å². The molecule has 18 heavy (non-hydrogen) atoms. The fourth-order valence-corrected chi connectivity index (χ4v) is 2.66. The highest BCUT2D eigenvalue weighted by molar-refractivity contribution is 14.1. The summed E-state index contributed by atoms with van der Waals surface area (Å²) in [5, 5.41) is 28.4. The number of aliphatic hydroxyl groups is 3. The van der Waals surface area contributed by atoms with Crippen LogP contribution in [0.1, 0.15) is 11.7 Å². The van der Waals surface area contributed by atoms with Crippen molar-refractivity contribution in [2.24, 2.45) is 0 Å². The summed E-state index contributed by atoms with van der Waals surface area (Å²) in [6.07, 6.45) is -4.69. The molecule has 1 fully saturated rings. The lowest BCUT2D eigenvalue weighted by molar-refractivity contribution is -0.0235. The number of nitrogens with one attached hydrogen (secondary N) is 2. The normalized spacial score (nSPS) is 31.8. The van der Waals surface area contributed by atoms with Gasteiger partial charge in [0.25, 0.3) is 5.56 Å². The summed E-state index contributed by atoms with van der Waals surface area (Å²) < 4.78 is 5.44. The van der Waals surface area contributed by atoms with Crippen molar-refractivity contribution in [3.05, 3.63) is 30.1 Å². The minimum absolute atomic E-state index is 0.0256. The summed E-state index contributed by atoms with van der Waals surface area (Å²) in [5.41, 5.74) is -1.34. The zero-order valence-electron chi connectivity index (χ0n) is 8.96. The summed E-state index contributed by atoms with van der Waals surface area (Å²) >= 11 is 1.73. The average molecular weight is 370 g/mol. The molecule has 9 heteroatoms. The smallest absolute Gasteiger partial charge is 0.326 e. The summed E-state index contributed by atoms with van der Waals surface area (Å²) in [6, 6.07) is 0. The highest BCUT2D eigenvalue weighted by atomic mass is 127. The maximum atomic E-state index is 11.7. The van der Waals surface area contributed by atoms with Gasteiger partial charge >= 0.3 is 5.69 Å². The number of hydrogen-bond donors (Lipinski definition) is 5. The minimum Gasteiger partial charge on any atom is -0.394 e. The molecular formula is C9H11IN2O6. The van der Waals surface area contributed by atoms with E-state index in [2.05, 4.69) is 4.98 Å². The van der Waals surface area contributed by atoms with Gasteiger partial charge in [-0.1, -0.05) is 0 Å². The standard InChI is InChI=1S/C9H11IN2O6/c10-7-3(8(16)12-9(17)11-7)6-5(15)4(14)2(1-13)18-6/h2,4-6,13-15H,1H2,(H2,11,12,16,17)/t2-,4-,5-,6+/m1/s1. The van der Waals surface area contributed by atoms with Crippen LogP contribution < -0.4 is 11.2 Å². The van der Waals surface area contributed by atoms with Gasteiger partial charge in [-0.25, -0.2) is 4.79 Å². The number of aromatic amines is 2. The lowest BCUT2D eigenvalue weighted by Crippen LogP contribution is -2.34. The third-order valence-corrected chi connectivity index (χ3v) is 3.61. The van der Waals surface area contributed by atoms with Crippen molar-refractivity contribution < 1.29 is 20.1 Å². The summed E-state index contributed by atoms with van der Waals surface area (Å²) in [4.78, 5) is 27.1. The van der Waals surface area contributed by atoms with Crippen LogP contribution in [0.5, 0.6) is 0 Å². The molecule has 0 bridgehead atoms. The SMILES string of the molecule is O=c1[nH]c(I)c([C@@H]2O[C@H](CO)[C@@H](O)[C@H]2O)c(=O)[nH]1. The Morgan fingerprint density at radius 1 is 1.22 bits per heavy atom. The Bertz CT molecular complexity index is 555. The zero-order valence-corrected chi connectivity index (χ0v) is 11.1. The molecule has 1 saturated heterocycles. The molecule has 4 atom stereocenters. The van der Waals surface area contributed by atoms with E-state index in [0.717, 1.165) is 0 Å². The Hall–Kier alpha value is -0.750. The second-order valence-corrected chi connectivity index (χ2v) is 4.97. The maximum absolute atomic E-state index is 11.7. The van der Waals surface area contributed by atoms with Gasteiger partial charge in [0.1, 0.15) is 24.4 Å². The van der Waals surface area contributed by atoms with E-state index in [-0.39, 0.29) is 9.26 Å². The average Bonchev–Trinajstić information content (AvgIpc) is 2.56. The molecule has 0 aliphatic carbocycles. The Balaban J connectivity index is 2.45. The van der Waals surface area contributed by atoms with Gasteiger partial charge in [-0.3, -0.25) is 9.78 Å². The molecule has 8 nitrogen and oxygen atoms in total. The predicted octanol–water partition coefficient (Wildman–Crippen LogP) is -2.18. The molecule has 1 aliphatic rings. The van der Waals surface area contributed by atoms with E-state index in [1.54, 1.807) is 22.6 Å². The second-order valence-electron chi connectivity index (χ2n) is 3.89. The van der Waals surface area contributed by atoms with Crippen LogP contribution >= 0.6 is 22.6 Å². The first-order valence-electron chi connectivity index (χ1n) is 5.10. The molecule has 1 aromatic heterocycles. The molecule has 5 N–H and O–H groups in total. The number of rotatable bonds is 2. The van der Waals surface area contributed by atoms with E-state index in [9.17, 15) is 19.8 Å². The molecular weight excluding hydrogens is 359 g/mol. The van der Waals surface area contributed by atoms with Gasteiger partial charge in [0, 0.05) is 0 Å². The molecule has 0 unspecified atom stereocenters. The summed E-state index contributed by atoms with van der Waals surface area (Å²) in [5.74, 6) is 0. The highest BCUT2D eigenvalue weighted by Crippen LogP contribution is 2.32. The molecule has 0 aromatic carbocycles. The predicted molar refractivity (Wildman–Crippen MR) is 67.1 cm³/mol. The van der Waals surface area contributed by atoms with E-state index in [1.807, 2.05) is 4.98 Å². The molecule has 0 saturated carbocycles. The van der Waals surface area contributed by atoms with Crippen LogP contribution in [0.4, 0.5) is 0 Å². The van der Waals surface area contributed by atoms with Crippen LogP contribution in [-0.2, 0) is 4.74 Å². The number of aliphatic hydroxyl groups excluding tert-OH is 3. The Morgan fingerprint density at radius 2 is 1.89 bits per heavy atom. The van der Waals surface area contributed by atoms with Gasteiger partial charge in [0.05, 0.1) is 15.9 Å². The number of H-pyrrole nitrogens is 2. The Labute approximate surface area is 114 Å². The van der Waals surface area contributed by atoms with Crippen molar-refractivity contribution in [2.45, 2.75) is 24.4 Å². The van der Waals surface area contributed by atoms with E-state index in [4.69, 9.17) is 9.84 Å². The fraction of sp³-hybridized carbons (Fsp3) is 0.556. The molecule has 1 aliphatic heterocycles. The molecule has 2 rings (SSSR count). The molecule has 0 radical (unpaired) electrons. The van der Waals surface area contributed by atoms with Crippen molar-refractivity contribution in [1.82, 2.24) is 9.97 Å². The van der Waals surface area contributed by atoms with Gasteiger partial charge in [-0.05, 0) is 22.6 Å². The van der Waals surface area contributed by atoms with Gasteiger partial charge in [-0.2, -0.15) is 0 Å². The number of ether oxygens (including phenoxy) is 1. The van der Waals surface area contributed by atoms with Crippen molar-refractivity contribution in [3.63, 3.8) is 0 Å². The van der Waals surface area contributed by atoms with Crippen molar-refractivity contribution >= 4 is 22.6 Å². The first-order valence-corrected chi connectivity index (χ1v) is 6.18.